The summed E-state index contributed by atoms with van der Waals surface area (Å²) in [6, 6.07) is 0. The van der Waals surface area contributed by atoms with E-state index >= 15 is 0 Å². The van der Waals surface area contributed by atoms with Crippen molar-refractivity contribution in [2.75, 3.05) is 0 Å². The molecular weight excluding hydrogens is 304 g/mol. The van der Waals surface area contributed by atoms with Crippen LogP contribution in [0.1, 0.15) is 90.4 Å². The van der Waals surface area contributed by atoms with Crippen LogP contribution in [0.25, 0.3) is 0 Å². The van der Waals surface area contributed by atoms with Gasteiger partial charge in [0, 0.05) is 0 Å². The van der Waals surface area contributed by atoms with Gasteiger partial charge in [-0.1, -0.05) is 84.0 Å². The fourth-order valence-electron chi connectivity index (χ4n) is 2.47. The minimum Gasteiger partial charge on any atom is -0.772 e. The number of hydrogen-bond acceptors (Lipinski definition) is 3. The third-order valence-electron chi connectivity index (χ3n) is 3.83. The van der Waals surface area contributed by atoms with Gasteiger partial charge < -0.3 is 4.55 Å². The molecule has 0 radical (unpaired) electrons. The molecule has 0 aromatic heterocycles. The van der Waals surface area contributed by atoms with E-state index in [-0.39, 0.29) is 0 Å². The van der Waals surface area contributed by atoms with Crippen molar-refractivity contribution >= 4 is 28.8 Å². The molecule has 0 aliphatic heterocycles. The van der Waals surface area contributed by atoms with Crippen LogP contribution < -0.4 is 0 Å². The number of hydrogen-bond donors (Lipinski definition) is 1. The van der Waals surface area contributed by atoms with Crippen molar-refractivity contribution in [2.45, 2.75) is 95.6 Å². The predicted octanol–water partition coefficient (Wildman–Crippen LogP) is 4.78. The van der Waals surface area contributed by atoms with E-state index in [1.807, 2.05) is 0 Å². The Labute approximate surface area is 138 Å². The summed E-state index contributed by atoms with van der Waals surface area (Å²) < 4.78 is 21.6. The molecule has 3 nitrogen and oxygen atoms in total. The highest BCUT2D eigenvalue weighted by atomic mass is 32.2. The van der Waals surface area contributed by atoms with E-state index in [1.54, 1.807) is 0 Å². The Morgan fingerprint density at radius 2 is 1.29 bits per heavy atom. The SMILES string of the molecule is CCCCCCCCCCCCCCC(C(=O)S)S(=O)[O-]. The lowest BCUT2D eigenvalue weighted by Gasteiger charge is -2.15. The van der Waals surface area contributed by atoms with Crippen LogP contribution in [0.2, 0.25) is 0 Å². The number of thiol groups is 1. The molecular formula is C16H31O3S2-. The molecule has 0 amide bonds. The summed E-state index contributed by atoms with van der Waals surface area (Å²) in [7, 11) is 0. The number of carbonyl (C=O) groups is 1. The molecule has 0 aliphatic carbocycles. The highest BCUT2D eigenvalue weighted by Gasteiger charge is 2.14. The first-order chi connectivity index (χ1) is 10.1. The summed E-state index contributed by atoms with van der Waals surface area (Å²) >= 11 is 1.29. The van der Waals surface area contributed by atoms with Crippen LogP contribution in [-0.2, 0) is 15.9 Å². The van der Waals surface area contributed by atoms with Gasteiger partial charge in [-0.2, -0.15) is 0 Å². The Morgan fingerprint density at radius 1 is 0.905 bits per heavy atom. The summed E-state index contributed by atoms with van der Waals surface area (Å²) in [5, 5.41) is -1.46. The van der Waals surface area contributed by atoms with Crippen molar-refractivity contribution in [3.05, 3.63) is 0 Å². The Bertz CT molecular complexity index is 269. The summed E-state index contributed by atoms with van der Waals surface area (Å²) in [6.45, 7) is 2.24. The van der Waals surface area contributed by atoms with Crippen LogP contribution in [0.4, 0.5) is 0 Å². The maximum Gasteiger partial charge on any atom is 0.200 e. The Balaban J connectivity index is 3.29. The van der Waals surface area contributed by atoms with Crippen LogP contribution >= 0.6 is 12.6 Å². The van der Waals surface area contributed by atoms with E-state index in [2.05, 4.69) is 19.6 Å². The first-order valence-electron chi connectivity index (χ1n) is 8.40. The second-order valence-electron chi connectivity index (χ2n) is 5.77. The molecule has 0 aromatic rings. The first kappa shape index (κ1) is 21.1. The average Bonchev–Trinajstić information content (AvgIpc) is 2.43. The Morgan fingerprint density at radius 3 is 1.62 bits per heavy atom. The molecule has 21 heavy (non-hydrogen) atoms. The van der Waals surface area contributed by atoms with Gasteiger partial charge in [-0.25, -0.2) is 0 Å². The molecule has 0 aliphatic rings. The van der Waals surface area contributed by atoms with E-state index in [9.17, 15) is 13.6 Å². The van der Waals surface area contributed by atoms with Gasteiger partial charge in [-0.05, 0) is 17.5 Å². The number of unbranched alkanes of at least 4 members (excludes halogenated alkanes) is 11. The highest BCUT2D eigenvalue weighted by molar-refractivity contribution is 7.99. The lowest BCUT2D eigenvalue weighted by atomic mass is 10.0. The zero-order chi connectivity index (χ0) is 15.9. The van der Waals surface area contributed by atoms with Gasteiger partial charge in [0.2, 0.25) is 0 Å². The topological polar surface area (TPSA) is 57.2 Å². The monoisotopic (exact) mass is 335 g/mol. The van der Waals surface area contributed by atoms with Crippen molar-refractivity contribution in [3.8, 4) is 0 Å². The second kappa shape index (κ2) is 15.0. The number of carbonyl (C=O) groups excluding carboxylic acids is 1. The van der Waals surface area contributed by atoms with Crippen LogP contribution in [0, 0.1) is 0 Å². The third kappa shape index (κ3) is 13.5. The largest absolute Gasteiger partial charge is 0.772 e. The van der Waals surface area contributed by atoms with Crippen molar-refractivity contribution < 1.29 is 13.6 Å². The van der Waals surface area contributed by atoms with Crippen molar-refractivity contribution in [1.82, 2.24) is 0 Å². The quantitative estimate of drug-likeness (QED) is 0.266. The Hall–Kier alpha value is 0.130. The fraction of sp³-hybridized carbons (Fsp3) is 0.938. The van der Waals surface area contributed by atoms with Crippen molar-refractivity contribution in [1.29, 1.82) is 0 Å². The third-order valence-corrected chi connectivity index (χ3v) is 5.23. The first-order valence-corrected chi connectivity index (χ1v) is 9.99. The normalized spacial score (nSPS) is 14.0. The van der Waals surface area contributed by atoms with Gasteiger partial charge in [0.25, 0.3) is 0 Å². The highest BCUT2D eigenvalue weighted by Crippen LogP contribution is 2.14. The molecule has 0 rings (SSSR count). The van der Waals surface area contributed by atoms with Crippen molar-refractivity contribution in [3.63, 3.8) is 0 Å². The fourth-order valence-corrected chi connectivity index (χ4v) is 3.38. The minimum atomic E-state index is -2.32. The zero-order valence-electron chi connectivity index (χ0n) is 13.3. The van der Waals surface area contributed by atoms with E-state index in [1.165, 1.54) is 57.8 Å². The molecule has 0 fully saturated rings. The molecule has 2 unspecified atom stereocenters. The maximum absolute atomic E-state index is 11.0. The summed E-state index contributed by atoms with van der Waals surface area (Å²) in [5.41, 5.74) is 0. The molecule has 2 atom stereocenters. The van der Waals surface area contributed by atoms with Crippen molar-refractivity contribution in [2.24, 2.45) is 0 Å². The summed E-state index contributed by atoms with van der Waals surface area (Å²) in [4.78, 5) is 11.0. The predicted molar refractivity (Wildman–Crippen MR) is 92.4 cm³/mol. The zero-order valence-corrected chi connectivity index (χ0v) is 15.1. The molecule has 0 spiro atoms. The van der Waals surface area contributed by atoms with E-state index in [0.717, 1.165) is 19.3 Å². The van der Waals surface area contributed by atoms with Crippen LogP contribution in [0.15, 0.2) is 0 Å². The lowest BCUT2D eigenvalue weighted by Crippen LogP contribution is -2.21. The van der Waals surface area contributed by atoms with Gasteiger partial charge in [0.05, 0.1) is 5.25 Å². The molecule has 0 heterocycles. The van der Waals surface area contributed by atoms with E-state index in [4.69, 9.17) is 0 Å². The van der Waals surface area contributed by atoms with Gasteiger partial charge in [0.1, 0.15) is 0 Å². The standard InChI is InChI=1S/C16H32O3S2/c1-2-3-4-5-6-7-8-9-10-11-12-13-14-15(16(17)20)21(18)19/h15H,2-14H2,1H3,(H,17,20)(H,18,19)/p-1. The van der Waals surface area contributed by atoms with E-state index in [0.29, 0.717) is 6.42 Å². The smallest absolute Gasteiger partial charge is 0.200 e. The van der Waals surface area contributed by atoms with Crippen LogP contribution in [-0.4, -0.2) is 19.1 Å². The van der Waals surface area contributed by atoms with Gasteiger partial charge in [0.15, 0.2) is 5.12 Å². The summed E-state index contributed by atoms with van der Waals surface area (Å²) in [6.07, 6.45) is 15.3. The molecule has 5 heteroatoms. The molecule has 126 valence electrons. The Kier molecular flexibility index (Phi) is 15.1. The van der Waals surface area contributed by atoms with Gasteiger partial charge in [-0.3, -0.25) is 9.00 Å². The molecule has 0 saturated carbocycles. The molecule has 0 saturated heterocycles. The molecule has 0 N–H and O–H groups in total. The minimum absolute atomic E-state index is 0.413. The van der Waals surface area contributed by atoms with Crippen LogP contribution in [0.3, 0.4) is 0 Å². The summed E-state index contributed by atoms with van der Waals surface area (Å²) in [5.74, 6) is 0. The van der Waals surface area contributed by atoms with Gasteiger partial charge in [-0.15, -0.1) is 12.6 Å². The number of rotatable bonds is 15. The van der Waals surface area contributed by atoms with Gasteiger partial charge >= 0.3 is 0 Å². The van der Waals surface area contributed by atoms with E-state index < -0.39 is 21.4 Å². The second-order valence-corrected chi connectivity index (χ2v) is 7.30. The lowest BCUT2D eigenvalue weighted by molar-refractivity contribution is -0.110. The average molecular weight is 336 g/mol. The molecule has 0 bridgehead atoms. The van der Waals surface area contributed by atoms with Crippen LogP contribution in [0.5, 0.6) is 0 Å². The maximum atomic E-state index is 11.0. The molecule has 0 aromatic carbocycles.